The molecule has 0 spiro atoms. The van der Waals surface area contributed by atoms with Crippen molar-refractivity contribution in [1.29, 1.82) is 0 Å². The van der Waals surface area contributed by atoms with Crippen LogP contribution in [0.1, 0.15) is 5.56 Å². The highest BCUT2D eigenvalue weighted by atomic mass is 32.3. The molecule has 108 valence electrons. The van der Waals surface area contributed by atoms with Crippen LogP contribution in [0.2, 0.25) is 0 Å². The van der Waals surface area contributed by atoms with Crippen molar-refractivity contribution < 1.29 is 21.3 Å². The third-order valence-corrected chi connectivity index (χ3v) is 2.65. The van der Waals surface area contributed by atoms with Gasteiger partial charge in [0.05, 0.1) is 27.7 Å². The van der Waals surface area contributed by atoms with E-state index in [1.54, 1.807) is 18.3 Å². The van der Waals surface area contributed by atoms with Crippen LogP contribution in [0.5, 0.6) is 0 Å². The Hall–Kier alpha value is -1.41. The Labute approximate surface area is 114 Å². The average Bonchev–Trinajstić information content (AvgIpc) is 2.26. The maximum atomic E-state index is 11.4. The van der Waals surface area contributed by atoms with Gasteiger partial charge < -0.3 is 14.8 Å². The van der Waals surface area contributed by atoms with Crippen LogP contribution in [0.3, 0.4) is 0 Å². The third-order valence-electron chi connectivity index (χ3n) is 1.89. The summed E-state index contributed by atoms with van der Waals surface area (Å²) in [6, 6.07) is 9.01. The zero-order valence-corrected chi connectivity index (χ0v) is 12.3. The van der Waals surface area contributed by atoms with Crippen LogP contribution >= 0.6 is 0 Å². The highest BCUT2D eigenvalue weighted by Crippen LogP contribution is 2.06. The molecule has 0 saturated carbocycles. The van der Waals surface area contributed by atoms with Crippen LogP contribution in [-0.4, -0.2) is 34.0 Å². The standard InChI is InChI=1S/C12H18NO4S.H3N/c1-13(2,3)9-10-16-18(14,15)17-11-12-7-5-4-6-8-12;/h4-10H,11H2,1-3H3;1H3/q+1;. The maximum absolute atomic E-state index is 11.4. The smallest absolute Gasteiger partial charge is 0.364 e. The molecule has 0 heterocycles. The lowest BCUT2D eigenvalue weighted by molar-refractivity contribution is -0.817. The van der Waals surface area contributed by atoms with Gasteiger partial charge in [-0.3, -0.25) is 0 Å². The number of hydrogen-bond donors (Lipinski definition) is 1. The molecule has 0 aliphatic heterocycles. The zero-order valence-electron chi connectivity index (χ0n) is 11.4. The summed E-state index contributed by atoms with van der Waals surface area (Å²) in [6.07, 6.45) is 2.70. The summed E-state index contributed by atoms with van der Waals surface area (Å²) in [5.74, 6) is 0. The van der Waals surface area contributed by atoms with E-state index in [-0.39, 0.29) is 12.8 Å². The van der Waals surface area contributed by atoms with E-state index < -0.39 is 10.4 Å². The highest BCUT2D eigenvalue weighted by molar-refractivity contribution is 7.81. The van der Waals surface area contributed by atoms with Crippen molar-refractivity contribution in [2.75, 3.05) is 21.1 Å². The summed E-state index contributed by atoms with van der Waals surface area (Å²) in [7, 11) is 1.62. The Bertz CT molecular complexity index is 492. The Morgan fingerprint density at radius 3 is 2.26 bits per heavy atom. The molecule has 19 heavy (non-hydrogen) atoms. The van der Waals surface area contributed by atoms with Crippen LogP contribution in [0.25, 0.3) is 0 Å². The number of rotatable bonds is 6. The minimum Gasteiger partial charge on any atom is -0.364 e. The first-order valence-corrected chi connectivity index (χ1v) is 6.72. The van der Waals surface area contributed by atoms with Gasteiger partial charge >= 0.3 is 10.4 Å². The molecule has 0 bridgehead atoms. The average molecular weight is 289 g/mol. The molecule has 1 rings (SSSR count). The third kappa shape index (κ3) is 8.33. The van der Waals surface area contributed by atoms with E-state index in [9.17, 15) is 8.42 Å². The molecule has 0 atom stereocenters. The second kappa shape index (κ2) is 7.25. The Morgan fingerprint density at radius 2 is 1.74 bits per heavy atom. The van der Waals surface area contributed by atoms with Crippen LogP contribution in [0.4, 0.5) is 0 Å². The van der Waals surface area contributed by atoms with E-state index in [1.807, 2.05) is 39.3 Å². The molecule has 0 saturated heterocycles. The van der Waals surface area contributed by atoms with Gasteiger partial charge in [0.15, 0.2) is 6.26 Å². The van der Waals surface area contributed by atoms with Crippen LogP contribution in [-0.2, 0) is 25.4 Å². The predicted octanol–water partition coefficient (Wildman–Crippen LogP) is 1.80. The van der Waals surface area contributed by atoms with Crippen LogP contribution in [0, 0.1) is 0 Å². The molecule has 0 unspecified atom stereocenters. The van der Waals surface area contributed by atoms with Crippen molar-refractivity contribution in [2.24, 2.45) is 0 Å². The molecule has 7 heteroatoms. The zero-order chi connectivity index (χ0) is 13.6. The largest absolute Gasteiger partial charge is 0.448 e. The van der Waals surface area contributed by atoms with Gasteiger partial charge in [-0.1, -0.05) is 30.3 Å². The summed E-state index contributed by atoms with van der Waals surface area (Å²) in [4.78, 5) is 0. The van der Waals surface area contributed by atoms with E-state index in [1.165, 1.54) is 0 Å². The Morgan fingerprint density at radius 1 is 1.16 bits per heavy atom. The monoisotopic (exact) mass is 289 g/mol. The lowest BCUT2D eigenvalue weighted by Gasteiger charge is -2.16. The summed E-state index contributed by atoms with van der Waals surface area (Å²) in [6.45, 7) is -0.0403. The topological polar surface area (TPSA) is 87.6 Å². The van der Waals surface area contributed by atoms with E-state index in [2.05, 4.69) is 4.18 Å². The summed E-state index contributed by atoms with van der Waals surface area (Å²) in [5, 5.41) is 0. The Balaban J connectivity index is 0.00000324. The Kier molecular flexibility index (Phi) is 6.71. The molecule has 3 N–H and O–H groups in total. The van der Waals surface area contributed by atoms with Crippen molar-refractivity contribution in [3.63, 3.8) is 0 Å². The van der Waals surface area contributed by atoms with Crippen LogP contribution in [0.15, 0.2) is 42.8 Å². The van der Waals surface area contributed by atoms with Crippen molar-refractivity contribution in [2.45, 2.75) is 6.61 Å². The fourth-order valence-corrected chi connectivity index (χ4v) is 1.54. The molecule has 1 aromatic rings. The van der Waals surface area contributed by atoms with Gasteiger partial charge in [0.25, 0.3) is 0 Å². The van der Waals surface area contributed by atoms with Gasteiger partial charge in [0.1, 0.15) is 6.20 Å². The molecule has 0 aliphatic carbocycles. The highest BCUT2D eigenvalue weighted by Gasteiger charge is 2.11. The van der Waals surface area contributed by atoms with Gasteiger partial charge in [-0.05, 0) is 5.56 Å². The molecule has 1 aromatic carbocycles. The molecule has 0 radical (unpaired) electrons. The van der Waals surface area contributed by atoms with E-state index in [0.717, 1.165) is 11.8 Å². The number of quaternary nitrogens is 1. The van der Waals surface area contributed by atoms with E-state index in [4.69, 9.17) is 4.18 Å². The van der Waals surface area contributed by atoms with Crippen molar-refractivity contribution in [3.05, 3.63) is 48.4 Å². The number of nitrogens with zero attached hydrogens (tertiary/aromatic N) is 1. The van der Waals surface area contributed by atoms with Gasteiger partial charge in [-0.2, -0.15) is 8.42 Å². The minimum atomic E-state index is -4.00. The fraction of sp³-hybridized carbons (Fsp3) is 0.333. The molecule has 0 fully saturated rings. The second-order valence-corrected chi connectivity index (χ2v) is 5.90. The van der Waals surface area contributed by atoms with Crippen molar-refractivity contribution in [3.8, 4) is 0 Å². The first-order valence-electron chi connectivity index (χ1n) is 5.39. The first kappa shape index (κ1) is 17.6. The van der Waals surface area contributed by atoms with Crippen molar-refractivity contribution >= 4 is 10.4 Å². The van der Waals surface area contributed by atoms with Gasteiger partial charge in [0, 0.05) is 0 Å². The van der Waals surface area contributed by atoms with Gasteiger partial charge in [0.2, 0.25) is 0 Å². The second-order valence-electron chi connectivity index (χ2n) is 4.65. The fourth-order valence-electron chi connectivity index (χ4n) is 1.02. The van der Waals surface area contributed by atoms with E-state index >= 15 is 0 Å². The molecular weight excluding hydrogens is 268 g/mol. The SMILES string of the molecule is C[N+](C)(C)C=COS(=O)(=O)OCc1ccccc1.N. The normalized spacial score (nSPS) is 12.2. The molecule has 6 nitrogen and oxygen atoms in total. The molecule has 0 aromatic heterocycles. The van der Waals surface area contributed by atoms with Gasteiger partial charge in [-0.25, -0.2) is 4.18 Å². The molecule has 0 aliphatic rings. The first-order chi connectivity index (χ1) is 8.29. The van der Waals surface area contributed by atoms with Crippen LogP contribution < -0.4 is 6.15 Å². The predicted molar refractivity (Wildman–Crippen MR) is 73.4 cm³/mol. The lowest BCUT2D eigenvalue weighted by Crippen LogP contribution is -2.26. The quantitative estimate of drug-likeness (QED) is 0.637. The summed E-state index contributed by atoms with van der Waals surface area (Å²) in [5.41, 5.74) is 0.764. The summed E-state index contributed by atoms with van der Waals surface area (Å²) >= 11 is 0. The van der Waals surface area contributed by atoms with E-state index in [0.29, 0.717) is 4.48 Å². The van der Waals surface area contributed by atoms with Crippen molar-refractivity contribution in [1.82, 2.24) is 6.15 Å². The molecular formula is C12H21N2O4S+. The molecule has 0 amide bonds. The van der Waals surface area contributed by atoms with Gasteiger partial charge in [-0.15, -0.1) is 0 Å². The summed E-state index contributed by atoms with van der Waals surface area (Å²) < 4.78 is 32.5. The number of benzene rings is 1. The minimum absolute atomic E-state index is 0. The lowest BCUT2D eigenvalue weighted by atomic mass is 10.2. The maximum Gasteiger partial charge on any atom is 0.448 e. The number of hydrogen-bond acceptors (Lipinski definition) is 5.